The van der Waals surface area contributed by atoms with Crippen molar-refractivity contribution < 1.29 is 14.2 Å². The Morgan fingerprint density at radius 3 is 2.42 bits per heavy atom. The first-order valence-electron chi connectivity index (χ1n) is 12.4. The average Bonchev–Trinajstić information content (AvgIpc) is 2.90. The molecule has 0 heterocycles. The molecule has 184 valence electrons. The van der Waals surface area contributed by atoms with Gasteiger partial charge in [-0.15, -0.1) is 0 Å². The van der Waals surface area contributed by atoms with Gasteiger partial charge >= 0.3 is 0 Å². The van der Waals surface area contributed by atoms with E-state index in [9.17, 15) is 9.50 Å². The van der Waals surface area contributed by atoms with E-state index in [1.54, 1.807) is 18.3 Å². The molecule has 3 aromatic carbocycles. The molecular weight excluding hydrogens is 451 g/mol. The Balaban J connectivity index is 1.40. The van der Waals surface area contributed by atoms with E-state index in [2.05, 4.69) is 13.0 Å². The van der Waals surface area contributed by atoms with Crippen LogP contribution in [0.25, 0.3) is 0 Å². The standard InChI is InChI=1S/C31H31FN2O2/c1-31-19-22(20-33)29(34-25-14-12-24(32)13-15-25)18-23(31)6-5-9-28(31)30(35)21-10-16-27(17-11-21)36-26-7-3-2-4-8-26/h2-4,7-8,10-18,20,28,30,35H,5-6,9,19,33H2,1H3/b22-20-,34-29?/t28-,30+,31+/m1/s1. The van der Waals surface area contributed by atoms with Crippen LogP contribution in [0.3, 0.4) is 0 Å². The summed E-state index contributed by atoms with van der Waals surface area (Å²) in [6.07, 6.45) is 6.73. The first kappa shape index (κ1) is 24.0. The van der Waals surface area contributed by atoms with Gasteiger partial charge in [-0.25, -0.2) is 9.38 Å². The molecule has 0 aliphatic heterocycles. The van der Waals surface area contributed by atoms with Crippen LogP contribution in [-0.4, -0.2) is 10.8 Å². The van der Waals surface area contributed by atoms with E-state index in [0.717, 1.165) is 47.6 Å². The molecule has 1 fully saturated rings. The maximum absolute atomic E-state index is 13.3. The van der Waals surface area contributed by atoms with Crippen LogP contribution >= 0.6 is 0 Å². The van der Waals surface area contributed by atoms with Crippen LogP contribution < -0.4 is 10.5 Å². The van der Waals surface area contributed by atoms with Crippen LogP contribution in [0, 0.1) is 17.2 Å². The molecule has 0 unspecified atom stereocenters. The van der Waals surface area contributed by atoms with E-state index >= 15 is 0 Å². The quantitative estimate of drug-likeness (QED) is 0.398. The predicted octanol–water partition coefficient (Wildman–Crippen LogP) is 7.40. The fourth-order valence-corrected chi connectivity index (χ4v) is 5.58. The molecule has 0 bridgehead atoms. The van der Waals surface area contributed by atoms with Crippen molar-refractivity contribution in [3.63, 3.8) is 0 Å². The average molecular weight is 483 g/mol. The van der Waals surface area contributed by atoms with Crippen molar-refractivity contribution in [1.82, 2.24) is 0 Å². The van der Waals surface area contributed by atoms with Crippen molar-refractivity contribution in [2.75, 3.05) is 0 Å². The SMILES string of the molecule is C[C@]12C/C(=C/N)C(=Nc3ccc(F)cc3)C=C1CCC[C@@H]2[C@@H](O)c1ccc(Oc2ccccc2)cc1. The Bertz CT molecular complexity index is 1300. The van der Waals surface area contributed by atoms with Gasteiger partial charge in [-0.3, -0.25) is 0 Å². The van der Waals surface area contributed by atoms with Crippen molar-refractivity contribution in [1.29, 1.82) is 0 Å². The molecule has 1 saturated carbocycles. The molecule has 3 N–H and O–H groups in total. The number of aliphatic imine (C=N–C) groups is 1. The molecule has 0 amide bonds. The van der Waals surface area contributed by atoms with E-state index in [1.807, 2.05) is 54.6 Å². The highest BCUT2D eigenvalue weighted by atomic mass is 19.1. The second-order valence-electron chi connectivity index (χ2n) is 9.86. The minimum Gasteiger partial charge on any atom is -0.457 e. The predicted molar refractivity (Wildman–Crippen MR) is 142 cm³/mol. The fraction of sp³-hybridized carbons (Fsp3) is 0.258. The number of fused-ring (bicyclic) bond motifs is 1. The molecule has 5 rings (SSSR count). The monoisotopic (exact) mass is 482 g/mol. The fourth-order valence-electron chi connectivity index (χ4n) is 5.58. The van der Waals surface area contributed by atoms with Crippen LogP contribution in [0.2, 0.25) is 0 Å². The first-order chi connectivity index (χ1) is 17.5. The number of hydrogen-bond acceptors (Lipinski definition) is 4. The van der Waals surface area contributed by atoms with Gasteiger partial charge in [0.15, 0.2) is 0 Å². The molecule has 36 heavy (non-hydrogen) atoms. The zero-order chi connectivity index (χ0) is 25.1. The second kappa shape index (κ2) is 10.1. The topological polar surface area (TPSA) is 67.8 Å². The number of nitrogens with two attached hydrogens (primary N) is 1. The maximum atomic E-state index is 13.3. The zero-order valence-corrected chi connectivity index (χ0v) is 20.4. The minimum absolute atomic E-state index is 0.0423. The third-order valence-electron chi connectivity index (χ3n) is 7.57. The summed E-state index contributed by atoms with van der Waals surface area (Å²) in [5.74, 6) is 1.27. The number of rotatable bonds is 5. The van der Waals surface area contributed by atoms with E-state index in [0.29, 0.717) is 12.1 Å². The molecule has 0 saturated heterocycles. The van der Waals surface area contributed by atoms with Crippen molar-refractivity contribution in [2.24, 2.45) is 22.1 Å². The summed E-state index contributed by atoms with van der Waals surface area (Å²) in [6, 6.07) is 23.5. The lowest BCUT2D eigenvalue weighted by molar-refractivity contribution is 0.0217. The summed E-state index contributed by atoms with van der Waals surface area (Å²) in [6.45, 7) is 2.23. The summed E-state index contributed by atoms with van der Waals surface area (Å²) in [7, 11) is 0. The maximum Gasteiger partial charge on any atom is 0.127 e. The number of hydrogen-bond donors (Lipinski definition) is 2. The molecule has 3 aromatic rings. The van der Waals surface area contributed by atoms with E-state index in [4.69, 9.17) is 15.5 Å². The largest absolute Gasteiger partial charge is 0.457 e. The Kier molecular flexibility index (Phi) is 6.75. The summed E-state index contributed by atoms with van der Waals surface area (Å²) in [4.78, 5) is 4.75. The third-order valence-corrected chi connectivity index (χ3v) is 7.57. The smallest absolute Gasteiger partial charge is 0.127 e. The lowest BCUT2D eigenvalue weighted by Crippen LogP contribution is -2.40. The van der Waals surface area contributed by atoms with Gasteiger partial charge in [0.2, 0.25) is 0 Å². The molecule has 0 spiro atoms. The van der Waals surface area contributed by atoms with Crippen LogP contribution in [0.5, 0.6) is 11.5 Å². The Labute approximate surface area is 211 Å². The van der Waals surface area contributed by atoms with Gasteiger partial charge < -0.3 is 15.6 Å². The van der Waals surface area contributed by atoms with Crippen molar-refractivity contribution in [3.05, 3.63) is 114 Å². The van der Waals surface area contributed by atoms with Crippen molar-refractivity contribution in [3.8, 4) is 11.5 Å². The van der Waals surface area contributed by atoms with Crippen molar-refractivity contribution >= 4 is 11.4 Å². The first-order valence-corrected chi connectivity index (χ1v) is 12.4. The van der Waals surface area contributed by atoms with Crippen LogP contribution in [-0.2, 0) is 0 Å². The van der Waals surface area contributed by atoms with Gasteiger partial charge in [-0.1, -0.05) is 42.8 Å². The van der Waals surface area contributed by atoms with Gasteiger partial charge in [0, 0.05) is 0 Å². The molecular formula is C31H31FN2O2. The molecule has 4 nitrogen and oxygen atoms in total. The van der Waals surface area contributed by atoms with Crippen LogP contribution in [0.1, 0.15) is 44.3 Å². The molecule has 2 aliphatic carbocycles. The number of nitrogens with zero attached hydrogens (tertiary/aromatic N) is 1. The number of aliphatic hydroxyl groups is 1. The van der Waals surface area contributed by atoms with E-state index in [-0.39, 0.29) is 17.2 Å². The highest BCUT2D eigenvalue weighted by molar-refractivity contribution is 6.11. The summed E-state index contributed by atoms with van der Waals surface area (Å²) < 4.78 is 19.3. The zero-order valence-electron chi connectivity index (χ0n) is 20.4. The number of benzene rings is 3. The normalized spacial score (nSPS) is 24.8. The Hall–Kier alpha value is -3.70. The molecule has 5 heteroatoms. The van der Waals surface area contributed by atoms with Gasteiger partial charge in [0.05, 0.1) is 17.5 Å². The Morgan fingerprint density at radius 2 is 1.72 bits per heavy atom. The number of ether oxygens (including phenoxy) is 1. The molecule has 2 aliphatic rings. The highest BCUT2D eigenvalue weighted by Gasteiger charge is 2.46. The van der Waals surface area contributed by atoms with Gasteiger partial charge in [0.25, 0.3) is 0 Å². The van der Waals surface area contributed by atoms with Crippen LogP contribution in [0.15, 0.2) is 107 Å². The third kappa shape index (κ3) is 4.84. The number of para-hydroxylation sites is 1. The summed E-state index contributed by atoms with van der Waals surface area (Å²) >= 11 is 0. The van der Waals surface area contributed by atoms with Gasteiger partial charge in [0.1, 0.15) is 17.3 Å². The number of halogens is 1. The van der Waals surface area contributed by atoms with Gasteiger partial charge in [-0.2, -0.15) is 0 Å². The number of aliphatic hydroxyl groups excluding tert-OH is 1. The summed E-state index contributed by atoms with van der Waals surface area (Å²) in [5.41, 5.74) is 10.4. The Morgan fingerprint density at radius 1 is 1.03 bits per heavy atom. The molecule has 3 atom stereocenters. The second-order valence-corrected chi connectivity index (χ2v) is 9.86. The lowest BCUT2D eigenvalue weighted by Gasteiger charge is -2.48. The highest BCUT2D eigenvalue weighted by Crippen LogP contribution is 2.55. The van der Waals surface area contributed by atoms with Gasteiger partial charge in [-0.05, 0) is 109 Å². The minimum atomic E-state index is -0.612. The molecule has 0 aromatic heterocycles. The van der Waals surface area contributed by atoms with Crippen molar-refractivity contribution in [2.45, 2.75) is 38.7 Å². The lowest BCUT2D eigenvalue weighted by atomic mass is 9.57. The van der Waals surface area contributed by atoms with E-state index in [1.165, 1.54) is 17.7 Å². The van der Waals surface area contributed by atoms with Crippen LogP contribution in [0.4, 0.5) is 10.1 Å². The molecule has 0 radical (unpaired) electrons. The summed E-state index contributed by atoms with van der Waals surface area (Å²) in [5, 5.41) is 11.5. The van der Waals surface area contributed by atoms with E-state index < -0.39 is 6.10 Å². The number of allylic oxidation sites excluding steroid dienone is 3.